The van der Waals surface area contributed by atoms with Crippen molar-refractivity contribution in [3.8, 4) is 11.5 Å². The fraction of sp³-hybridized carbons (Fsp3) is 0.412. The number of aromatic nitrogens is 5. The van der Waals surface area contributed by atoms with Crippen LogP contribution in [-0.2, 0) is 5.75 Å². The average Bonchev–Trinajstić information content (AvgIpc) is 3.41. The van der Waals surface area contributed by atoms with Crippen molar-refractivity contribution in [2.45, 2.75) is 36.7 Å². The second-order valence-corrected chi connectivity index (χ2v) is 7.10. The van der Waals surface area contributed by atoms with E-state index in [1.165, 1.54) is 31.7 Å². The van der Waals surface area contributed by atoms with Crippen LogP contribution in [0.25, 0.3) is 10.9 Å². The molecule has 2 aromatic heterocycles. The van der Waals surface area contributed by atoms with Crippen LogP contribution < -0.4 is 15.0 Å². The van der Waals surface area contributed by atoms with E-state index < -0.39 is 0 Å². The molecule has 1 fully saturated rings. The first-order valence-corrected chi connectivity index (χ1v) is 9.28. The van der Waals surface area contributed by atoms with E-state index in [9.17, 15) is 4.79 Å². The first kappa shape index (κ1) is 16.9. The summed E-state index contributed by atoms with van der Waals surface area (Å²) in [4.78, 5) is 19.8. The molecule has 0 amide bonds. The Kier molecular flexibility index (Phi) is 4.31. The number of benzene rings is 1. The van der Waals surface area contributed by atoms with Gasteiger partial charge in [0.15, 0.2) is 16.7 Å². The van der Waals surface area contributed by atoms with Crippen LogP contribution in [0.4, 0.5) is 0 Å². The molecule has 0 aliphatic heterocycles. The van der Waals surface area contributed by atoms with Gasteiger partial charge >= 0.3 is 0 Å². The van der Waals surface area contributed by atoms with Gasteiger partial charge in [-0.1, -0.05) is 11.8 Å². The number of rotatable bonds is 6. The van der Waals surface area contributed by atoms with E-state index in [1.807, 2.05) is 6.92 Å². The van der Waals surface area contributed by atoms with Crippen molar-refractivity contribution in [2.24, 2.45) is 0 Å². The molecule has 9 heteroatoms. The van der Waals surface area contributed by atoms with E-state index in [1.54, 1.807) is 19.2 Å². The van der Waals surface area contributed by atoms with Crippen LogP contribution in [0.3, 0.4) is 0 Å². The highest BCUT2D eigenvalue weighted by Crippen LogP contribution is 2.39. The molecule has 0 radical (unpaired) electrons. The van der Waals surface area contributed by atoms with Crippen LogP contribution >= 0.6 is 11.8 Å². The molecule has 136 valence electrons. The van der Waals surface area contributed by atoms with Gasteiger partial charge in [-0.15, -0.1) is 10.2 Å². The largest absolute Gasteiger partial charge is 0.493 e. The quantitative estimate of drug-likeness (QED) is 0.663. The van der Waals surface area contributed by atoms with Gasteiger partial charge in [-0.3, -0.25) is 4.79 Å². The summed E-state index contributed by atoms with van der Waals surface area (Å²) >= 11 is 1.52. The lowest BCUT2D eigenvalue weighted by Gasteiger charge is -2.09. The Morgan fingerprint density at radius 2 is 1.96 bits per heavy atom. The SMILES string of the molecule is COc1cc2nc(CSc3nnc(C)n3C3CC3)[nH]c(=O)c2cc1OC. The number of nitrogens with zero attached hydrogens (tertiary/aromatic N) is 4. The zero-order valence-corrected chi connectivity index (χ0v) is 15.6. The Balaban J connectivity index is 1.64. The molecule has 26 heavy (non-hydrogen) atoms. The number of aryl methyl sites for hydroxylation is 1. The van der Waals surface area contributed by atoms with Gasteiger partial charge in [-0.25, -0.2) is 4.98 Å². The summed E-state index contributed by atoms with van der Waals surface area (Å²) in [6.07, 6.45) is 2.33. The van der Waals surface area contributed by atoms with Gasteiger partial charge in [-0.05, 0) is 25.8 Å². The monoisotopic (exact) mass is 373 g/mol. The van der Waals surface area contributed by atoms with Crippen molar-refractivity contribution in [1.29, 1.82) is 0 Å². The van der Waals surface area contributed by atoms with Crippen molar-refractivity contribution >= 4 is 22.7 Å². The van der Waals surface area contributed by atoms with Gasteiger partial charge in [0, 0.05) is 12.1 Å². The molecule has 8 nitrogen and oxygen atoms in total. The molecular formula is C17H19N5O3S. The van der Waals surface area contributed by atoms with E-state index in [4.69, 9.17) is 9.47 Å². The molecule has 1 aliphatic carbocycles. The smallest absolute Gasteiger partial charge is 0.258 e. The number of nitrogens with one attached hydrogen (secondary N) is 1. The first-order valence-electron chi connectivity index (χ1n) is 8.30. The van der Waals surface area contributed by atoms with Crippen LogP contribution in [0.15, 0.2) is 22.1 Å². The molecule has 0 atom stereocenters. The summed E-state index contributed by atoms with van der Waals surface area (Å²) in [5.41, 5.74) is 0.369. The summed E-state index contributed by atoms with van der Waals surface area (Å²) < 4.78 is 12.7. The van der Waals surface area contributed by atoms with Crippen molar-refractivity contribution in [2.75, 3.05) is 14.2 Å². The van der Waals surface area contributed by atoms with Crippen LogP contribution in [0.2, 0.25) is 0 Å². The topological polar surface area (TPSA) is 94.9 Å². The number of aromatic amines is 1. The summed E-state index contributed by atoms with van der Waals surface area (Å²) in [5.74, 6) is 3.06. The fourth-order valence-corrected chi connectivity index (χ4v) is 3.84. The lowest BCUT2D eigenvalue weighted by Crippen LogP contribution is -2.12. The third-order valence-corrected chi connectivity index (χ3v) is 5.30. The molecule has 4 rings (SSSR count). The van der Waals surface area contributed by atoms with Gasteiger partial charge in [0.1, 0.15) is 11.6 Å². The summed E-state index contributed by atoms with van der Waals surface area (Å²) in [6.45, 7) is 1.96. The van der Waals surface area contributed by atoms with Gasteiger partial charge in [0.2, 0.25) is 0 Å². The Bertz CT molecular complexity index is 1030. The molecule has 1 saturated carbocycles. The molecular weight excluding hydrogens is 354 g/mol. The Labute approximate surface area is 153 Å². The number of hydrogen-bond acceptors (Lipinski definition) is 7. The highest BCUT2D eigenvalue weighted by Gasteiger charge is 2.28. The lowest BCUT2D eigenvalue weighted by molar-refractivity contribution is 0.355. The van der Waals surface area contributed by atoms with Gasteiger partial charge in [0.05, 0.1) is 30.9 Å². The van der Waals surface area contributed by atoms with Gasteiger partial charge in [0.25, 0.3) is 5.56 Å². The highest BCUT2D eigenvalue weighted by atomic mass is 32.2. The van der Waals surface area contributed by atoms with Gasteiger partial charge < -0.3 is 19.0 Å². The molecule has 2 heterocycles. The zero-order valence-electron chi connectivity index (χ0n) is 14.8. The van der Waals surface area contributed by atoms with Gasteiger partial charge in [-0.2, -0.15) is 0 Å². The number of thioether (sulfide) groups is 1. The van der Waals surface area contributed by atoms with Crippen LogP contribution in [0.5, 0.6) is 11.5 Å². The van der Waals surface area contributed by atoms with Crippen LogP contribution in [0, 0.1) is 6.92 Å². The summed E-state index contributed by atoms with van der Waals surface area (Å²) in [6, 6.07) is 3.87. The summed E-state index contributed by atoms with van der Waals surface area (Å²) in [5, 5.41) is 9.74. The normalized spacial score (nSPS) is 14.0. The number of H-pyrrole nitrogens is 1. The number of ether oxygens (including phenoxy) is 2. The second-order valence-electron chi connectivity index (χ2n) is 6.16. The third-order valence-electron chi connectivity index (χ3n) is 4.34. The van der Waals surface area contributed by atoms with Crippen molar-refractivity contribution in [3.05, 3.63) is 34.1 Å². The Morgan fingerprint density at radius 1 is 1.23 bits per heavy atom. The second kappa shape index (κ2) is 6.64. The number of hydrogen-bond donors (Lipinski definition) is 1. The Morgan fingerprint density at radius 3 is 2.65 bits per heavy atom. The first-order chi connectivity index (χ1) is 12.6. The third kappa shape index (κ3) is 3.03. The summed E-state index contributed by atoms with van der Waals surface area (Å²) in [7, 11) is 3.09. The van der Waals surface area contributed by atoms with Crippen molar-refractivity contribution in [3.63, 3.8) is 0 Å². The molecule has 1 N–H and O–H groups in total. The predicted molar refractivity (Wildman–Crippen MR) is 98.1 cm³/mol. The molecule has 3 aromatic rings. The zero-order chi connectivity index (χ0) is 18.3. The number of methoxy groups -OCH3 is 2. The molecule has 0 unspecified atom stereocenters. The van der Waals surface area contributed by atoms with E-state index in [2.05, 4.69) is 24.7 Å². The van der Waals surface area contributed by atoms with E-state index in [0.717, 1.165) is 11.0 Å². The molecule has 0 spiro atoms. The minimum absolute atomic E-state index is 0.202. The minimum Gasteiger partial charge on any atom is -0.493 e. The van der Waals surface area contributed by atoms with E-state index in [0.29, 0.717) is 40.0 Å². The minimum atomic E-state index is -0.202. The van der Waals surface area contributed by atoms with Crippen molar-refractivity contribution < 1.29 is 9.47 Å². The van der Waals surface area contributed by atoms with Crippen LogP contribution in [0.1, 0.15) is 30.5 Å². The maximum absolute atomic E-state index is 12.4. The lowest BCUT2D eigenvalue weighted by atomic mass is 10.2. The van der Waals surface area contributed by atoms with E-state index >= 15 is 0 Å². The molecule has 0 bridgehead atoms. The average molecular weight is 373 g/mol. The molecule has 1 aromatic carbocycles. The maximum Gasteiger partial charge on any atom is 0.258 e. The van der Waals surface area contributed by atoms with Crippen molar-refractivity contribution in [1.82, 2.24) is 24.7 Å². The molecule has 0 saturated heterocycles. The molecule has 1 aliphatic rings. The fourth-order valence-electron chi connectivity index (χ4n) is 2.92. The van der Waals surface area contributed by atoms with Crippen LogP contribution in [-0.4, -0.2) is 39.0 Å². The predicted octanol–water partition coefficient (Wildman–Crippen LogP) is 2.47. The Hall–Kier alpha value is -2.55. The highest BCUT2D eigenvalue weighted by molar-refractivity contribution is 7.98. The number of fused-ring (bicyclic) bond motifs is 1. The maximum atomic E-state index is 12.4. The standard InChI is InChI=1S/C17H19N5O3S/c1-9-20-21-17(22(9)10-4-5-10)26-8-15-18-12-7-14(25-3)13(24-2)6-11(12)16(23)19-15/h6-7,10H,4-5,8H2,1-3H3,(H,18,19,23). The van der Waals surface area contributed by atoms with E-state index in [-0.39, 0.29) is 5.56 Å².